The number of Topliss-reactive ketones (excluding diaryl/α,β-unsaturated/α-hetero) is 1. The molecule has 6 heteroatoms. The lowest BCUT2D eigenvalue weighted by Crippen LogP contribution is -2.11. The van der Waals surface area contributed by atoms with Crippen LogP contribution in [-0.2, 0) is 10.1 Å². The van der Waals surface area contributed by atoms with Gasteiger partial charge in [0.1, 0.15) is 10.6 Å². The van der Waals surface area contributed by atoms with E-state index in [1.807, 2.05) is 6.92 Å². The number of nitrogens with one attached hydrogen (secondary N) is 1. The highest BCUT2D eigenvalue weighted by Gasteiger charge is 2.18. The molecule has 0 aliphatic carbocycles. The molecule has 0 aliphatic rings. The second-order valence-corrected chi connectivity index (χ2v) is 7.05. The van der Waals surface area contributed by atoms with E-state index in [1.54, 1.807) is 31.2 Å². The van der Waals surface area contributed by atoms with E-state index in [2.05, 4.69) is 11.9 Å². The van der Waals surface area contributed by atoms with Crippen LogP contribution < -0.4 is 9.50 Å². The fraction of sp³-hybridized carbons (Fsp3) is 0.211. The van der Waals surface area contributed by atoms with Gasteiger partial charge in [-0.15, -0.1) is 6.58 Å². The molecule has 0 fully saturated rings. The lowest BCUT2D eigenvalue weighted by Gasteiger charge is -2.13. The first-order valence-electron chi connectivity index (χ1n) is 7.90. The van der Waals surface area contributed by atoms with Gasteiger partial charge in [-0.05, 0) is 31.2 Å². The summed E-state index contributed by atoms with van der Waals surface area (Å²) >= 11 is 0. The summed E-state index contributed by atoms with van der Waals surface area (Å²) in [6, 6.07) is 11.0. The smallest absolute Gasteiger partial charge is 0.339 e. The van der Waals surface area contributed by atoms with Gasteiger partial charge >= 0.3 is 10.1 Å². The number of benzene rings is 2. The van der Waals surface area contributed by atoms with Crippen LogP contribution in [0.4, 0.5) is 5.69 Å². The van der Waals surface area contributed by atoms with Crippen LogP contribution in [0.3, 0.4) is 0 Å². The lowest BCUT2D eigenvalue weighted by molar-refractivity contribution is 0.0989. The van der Waals surface area contributed by atoms with Gasteiger partial charge in [0.2, 0.25) is 0 Å². The Morgan fingerprint density at radius 3 is 2.48 bits per heavy atom. The van der Waals surface area contributed by atoms with Gasteiger partial charge in [0, 0.05) is 30.3 Å². The molecule has 5 nitrogen and oxygen atoms in total. The van der Waals surface area contributed by atoms with E-state index >= 15 is 0 Å². The van der Waals surface area contributed by atoms with Gasteiger partial charge in [0.25, 0.3) is 0 Å². The van der Waals surface area contributed by atoms with Crippen molar-refractivity contribution in [3.05, 3.63) is 66.2 Å². The normalized spacial score (nSPS) is 11.0. The summed E-state index contributed by atoms with van der Waals surface area (Å²) in [5.74, 6) is 0.0966. The van der Waals surface area contributed by atoms with Crippen molar-refractivity contribution in [2.24, 2.45) is 0 Å². The lowest BCUT2D eigenvalue weighted by atomic mass is 10.1. The number of ketones is 1. The molecule has 0 unspecified atom stereocenters. The minimum absolute atomic E-state index is 0.0421. The molecule has 0 aliphatic heterocycles. The number of rotatable bonds is 8. The fourth-order valence-electron chi connectivity index (χ4n) is 2.22. The predicted octanol–water partition coefficient (Wildman–Crippen LogP) is 3.95. The summed E-state index contributed by atoms with van der Waals surface area (Å²) < 4.78 is 30.0. The monoisotopic (exact) mass is 359 g/mol. The van der Waals surface area contributed by atoms with Crippen LogP contribution in [-0.4, -0.2) is 20.7 Å². The van der Waals surface area contributed by atoms with Gasteiger partial charge in [-0.2, -0.15) is 8.42 Å². The minimum atomic E-state index is -3.94. The second kappa shape index (κ2) is 7.98. The summed E-state index contributed by atoms with van der Waals surface area (Å²) in [4.78, 5) is 12.1. The quantitative estimate of drug-likeness (QED) is 0.439. The average molecular weight is 359 g/mol. The van der Waals surface area contributed by atoms with Crippen molar-refractivity contribution >= 4 is 21.6 Å². The molecule has 0 spiro atoms. The summed E-state index contributed by atoms with van der Waals surface area (Å²) in [7, 11) is -3.94. The molecule has 0 radical (unpaired) electrons. The molecule has 25 heavy (non-hydrogen) atoms. The highest BCUT2D eigenvalue weighted by atomic mass is 32.2. The standard InChI is InChI=1S/C19H21NO4S/c1-4-12-20-18-13-15(8-11-17(18)19(21)5-2)24-25(22,23)16-9-6-14(3)7-10-16/h4,6-11,13,20H,1,5,12H2,2-3H3. The van der Waals surface area contributed by atoms with Gasteiger partial charge in [-0.1, -0.05) is 30.7 Å². The van der Waals surface area contributed by atoms with Crippen molar-refractivity contribution in [3.63, 3.8) is 0 Å². The van der Waals surface area contributed by atoms with Gasteiger partial charge < -0.3 is 9.50 Å². The molecule has 0 heterocycles. The molecular weight excluding hydrogens is 338 g/mol. The van der Waals surface area contributed by atoms with Crippen LogP contribution in [0, 0.1) is 6.92 Å². The maximum atomic E-state index is 12.4. The van der Waals surface area contributed by atoms with Crippen molar-refractivity contribution in [3.8, 4) is 5.75 Å². The molecule has 2 aromatic rings. The number of hydrogen-bond donors (Lipinski definition) is 1. The molecule has 2 aromatic carbocycles. The molecule has 0 bridgehead atoms. The Labute approximate surface area is 148 Å². The molecule has 132 valence electrons. The average Bonchev–Trinajstić information content (AvgIpc) is 2.59. The van der Waals surface area contributed by atoms with Crippen LogP contribution in [0.5, 0.6) is 5.75 Å². The van der Waals surface area contributed by atoms with Gasteiger partial charge in [0.05, 0.1) is 0 Å². The molecule has 0 aromatic heterocycles. The van der Waals surface area contributed by atoms with E-state index in [4.69, 9.17) is 4.18 Å². The molecule has 0 saturated carbocycles. The highest BCUT2D eigenvalue weighted by molar-refractivity contribution is 7.87. The van der Waals surface area contributed by atoms with Crippen LogP contribution >= 0.6 is 0 Å². The van der Waals surface area contributed by atoms with Crippen LogP contribution in [0.1, 0.15) is 29.3 Å². The van der Waals surface area contributed by atoms with Crippen molar-refractivity contribution < 1.29 is 17.4 Å². The largest absolute Gasteiger partial charge is 0.381 e. The molecule has 0 atom stereocenters. The Kier molecular flexibility index (Phi) is 5.98. The van der Waals surface area contributed by atoms with Crippen molar-refractivity contribution in [2.45, 2.75) is 25.2 Å². The first-order chi connectivity index (χ1) is 11.9. The van der Waals surface area contributed by atoms with E-state index < -0.39 is 10.1 Å². The molecule has 0 amide bonds. The van der Waals surface area contributed by atoms with Crippen LogP contribution in [0.2, 0.25) is 0 Å². The third-order valence-corrected chi connectivity index (χ3v) is 4.83. The zero-order valence-electron chi connectivity index (χ0n) is 14.3. The van der Waals surface area contributed by atoms with E-state index in [0.29, 0.717) is 24.2 Å². The predicted molar refractivity (Wildman–Crippen MR) is 98.7 cm³/mol. The van der Waals surface area contributed by atoms with Crippen LogP contribution in [0.15, 0.2) is 60.0 Å². The van der Waals surface area contributed by atoms with Gasteiger partial charge in [-0.25, -0.2) is 0 Å². The highest BCUT2D eigenvalue weighted by Crippen LogP contribution is 2.26. The second-order valence-electron chi connectivity index (χ2n) is 5.50. The van der Waals surface area contributed by atoms with E-state index in [0.717, 1.165) is 5.56 Å². The van der Waals surface area contributed by atoms with E-state index in [1.165, 1.54) is 24.3 Å². The first-order valence-corrected chi connectivity index (χ1v) is 9.31. The Morgan fingerprint density at radius 1 is 1.20 bits per heavy atom. The van der Waals surface area contributed by atoms with Crippen molar-refractivity contribution in [1.82, 2.24) is 0 Å². The van der Waals surface area contributed by atoms with E-state index in [-0.39, 0.29) is 16.4 Å². The third kappa shape index (κ3) is 4.70. The van der Waals surface area contributed by atoms with Gasteiger partial charge in [-0.3, -0.25) is 4.79 Å². The van der Waals surface area contributed by atoms with Crippen molar-refractivity contribution in [2.75, 3.05) is 11.9 Å². The molecule has 0 saturated heterocycles. The third-order valence-electron chi connectivity index (χ3n) is 3.56. The Bertz CT molecular complexity index is 871. The summed E-state index contributed by atoms with van der Waals surface area (Å²) in [5.41, 5.74) is 1.96. The number of anilines is 1. The maximum absolute atomic E-state index is 12.4. The minimum Gasteiger partial charge on any atom is -0.381 e. The molecule has 1 N–H and O–H groups in total. The SMILES string of the molecule is C=CCNc1cc(OS(=O)(=O)c2ccc(C)cc2)ccc1C(=O)CC. The Hall–Kier alpha value is -2.60. The number of hydrogen-bond acceptors (Lipinski definition) is 5. The summed E-state index contributed by atoms with van der Waals surface area (Å²) in [6.45, 7) is 7.71. The van der Waals surface area contributed by atoms with Crippen molar-refractivity contribution in [1.29, 1.82) is 0 Å². The number of aryl methyl sites for hydroxylation is 1. The summed E-state index contributed by atoms with van der Waals surface area (Å²) in [6.07, 6.45) is 2.00. The van der Waals surface area contributed by atoms with Crippen LogP contribution in [0.25, 0.3) is 0 Å². The molecular formula is C19H21NO4S. The number of carbonyl (C=O) groups is 1. The first kappa shape index (κ1) is 18.7. The maximum Gasteiger partial charge on any atom is 0.339 e. The number of carbonyl (C=O) groups excluding carboxylic acids is 1. The topological polar surface area (TPSA) is 72.5 Å². The molecule has 2 rings (SSSR count). The van der Waals surface area contributed by atoms with E-state index in [9.17, 15) is 13.2 Å². The summed E-state index contributed by atoms with van der Waals surface area (Å²) in [5, 5.41) is 3.04. The zero-order valence-corrected chi connectivity index (χ0v) is 15.1. The van der Waals surface area contributed by atoms with Gasteiger partial charge in [0.15, 0.2) is 5.78 Å². The Balaban J connectivity index is 2.34. The Morgan fingerprint density at radius 2 is 1.88 bits per heavy atom. The fourth-order valence-corrected chi connectivity index (χ4v) is 3.14. The zero-order chi connectivity index (χ0) is 18.4.